The number of aromatic nitrogens is 2. The molecule has 2 heterocycles. The predicted molar refractivity (Wildman–Crippen MR) is 67.9 cm³/mol. The third kappa shape index (κ3) is 2.37. The fourth-order valence-corrected chi connectivity index (χ4v) is 1.99. The molecule has 0 saturated heterocycles. The van der Waals surface area contributed by atoms with Crippen LogP contribution in [-0.4, -0.2) is 23.7 Å². The molecule has 0 aromatic carbocycles. The van der Waals surface area contributed by atoms with Crippen LogP contribution in [-0.2, 0) is 11.3 Å². The van der Waals surface area contributed by atoms with Crippen molar-refractivity contribution in [3.63, 3.8) is 0 Å². The molecule has 0 unspecified atom stereocenters. The van der Waals surface area contributed by atoms with Crippen molar-refractivity contribution in [2.45, 2.75) is 20.4 Å². The summed E-state index contributed by atoms with van der Waals surface area (Å²) >= 11 is 6.15. The van der Waals surface area contributed by atoms with Gasteiger partial charge in [0.15, 0.2) is 6.79 Å². The number of halogens is 1. The van der Waals surface area contributed by atoms with Gasteiger partial charge in [-0.3, -0.25) is 4.68 Å². The van der Waals surface area contributed by atoms with Crippen molar-refractivity contribution in [1.29, 1.82) is 0 Å². The molecule has 2 rings (SSSR count). The second-order valence-corrected chi connectivity index (χ2v) is 4.15. The van der Waals surface area contributed by atoms with Crippen molar-refractivity contribution >= 4 is 11.6 Å². The Balaban J connectivity index is 2.38. The normalized spacial score (nSPS) is 10.9. The average Bonchev–Trinajstić information content (AvgIpc) is 2.89. The minimum absolute atomic E-state index is 0.146. The maximum absolute atomic E-state index is 6.15. The highest BCUT2D eigenvalue weighted by atomic mass is 35.5. The van der Waals surface area contributed by atoms with Gasteiger partial charge in [-0.1, -0.05) is 11.6 Å². The highest BCUT2D eigenvalue weighted by Crippen LogP contribution is 2.34. The molecule has 2 aromatic rings. The monoisotopic (exact) mass is 270 g/mol. The molecule has 0 spiro atoms. The highest BCUT2D eigenvalue weighted by Gasteiger charge is 2.17. The topological polar surface area (TPSA) is 49.4 Å². The molecule has 5 nitrogen and oxygen atoms in total. The third-order valence-electron chi connectivity index (χ3n) is 2.56. The molecular formula is C12H15ClN2O3. The van der Waals surface area contributed by atoms with Gasteiger partial charge >= 0.3 is 0 Å². The molecule has 0 atom stereocenters. The van der Waals surface area contributed by atoms with E-state index in [1.165, 1.54) is 0 Å². The van der Waals surface area contributed by atoms with Crippen LogP contribution >= 0.6 is 11.6 Å². The second kappa shape index (κ2) is 5.46. The van der Waals surface area contributed by atoms with E-state index in [4.69, 9.17) is 25.5 Å². The first kappa shape index (κ1) is 13.0. The van der Waals surface area contributed by atoms with Gasteiger partial charge in [-0.05, 0) is 13.8 Å². The smallest absolute Gasteiger partial charge is 0.287 e. The van der Waals surface area contributed by atoms with E-state index in [1.807, 2.05) is 18.5 Å². The molecule has 0 aliphatic carbocycles. The Morgan fingerprint density at radius 2 is 2.28 bits per heavy atom. The Morgan fingerprint density at radius 1 is 1.50 bits per heavy atom. The molecular weight excluding hydrogens is 256 g/mol. The summed E-state index contributed by atoms with van der Waals surface area (Å²) in [6.07, 6.45) is 1.63. The third-order valence-corrected chi connectivity index (χ3v) is 2.84. The van der Waals surface area contributed by atoms with Crippen molar-refractivity contribution in [2.75, 3.05) is 13.9 Å². The Morgan fingerprint density at radius 3 is 2.94 bits per heavy atom. The number of hydrogen-bond acceptors (Lipinski definition) is 4. The van der Waals surface area contributed by atoms with Crippen molar-refractivity contribution in [1.82, 2.24) is 9.78 Å². The summed E-state index contributed by atoms with van der Waals surface area (Å²) in [5, 5.41) is 4.80. The summed E-state index contributed by atoms with van der Waals surface area (Å²) in [5.74, 6) is 1.14. The van der Waals surface area contributed by atoms with Crippen molar-refractivity contribution in [2.24, 2.45) is 0 Å². The lowest BCUT2D eigenvalue weighted by Crippen LogP contribution is -1.99. The number of furan rings is 1. The van der Waals surface area contributed by atoms with E-state index in [1.54, 1.807) is 19.4 Å². The molecule has 6 heteroatoms. The molecule has 0 aliphatic heterocycles. The minimum atomic E-state index is 0.146. The van der Waals surface area contributed by atoms with E-state index in [9.17, 15) is 0 Å². The second-order valence-electron chi connectivity index (χ2n) is 3.74. The van der Waals surface area contributed by atoms with Gasteiger partial charge in [0.1, 0.15) is 5.76 Å². The van der Waals surface area contributed by atoms with Gasteiger partial charge in [-0.25, -0.2) is 0 Å². The molecule has 0 N–H and O–H groups in total. The van der Waals surface area contributed by atoms with E-state index in [2.05, 4.69) is 5.10 Å². The van der Waals surface area contributed by atoms with Gasteiger partial charge in [0.2, 0.25) is 0 Å². The van der Waals surface area contributed by atoms with Gasteiger partial charge < -0.3 is 13.9 Å². The quantitative estimate of drug-likeness (QED) is 0.784. The minimum Gasteiger partial charge on any atom is -0.438 e. The summed E-state index contributed by atoms with van der Waals surface area (Å²) in [6, 6.07) is 1.80. The number of aryl methyl sites for hydroxylation is 2. The van der Waals surface area contributed by atoms with Gasteiger partial charge in [0.25, 0.3) is 5.95 Å². The fraction of sp³-hybridized carbons (Fsp3) is 0.417. The zero-order chi connectivity index (χ0) is 13.1. The summed E-state index contributed by atoms with van der Waals surface area (Å²) in [7, 11) is 1.56. The van der Waals surface area contributed by atoms with Crippen LogP contribution in [0.15, 0.2) is 16.7 Å². The summed E-state index contributed by atoms with van der Waals surface area (Å²) in [6.45, 7) is 4.75. The molecule has 0 saturated carbocycles. The average molecular weight is 271 g/mol. The van der Waals surface area contributed by atoms with Crippen LogP contribution < -0.4 is 4.74 Å². The number of methoxy groups -OCH3 is 1. The SMILES string of the molecule is CCn1ncc(Cl)c1-c1cc(OCOC)oc1C. The Bertz CT molecular complexity index is 533. The van der Waals surface area contributed by atoms with Crippen molar-refractivity contribution in [3.8, 4) is 17.2 Å². The van der Waals surface area contributed by atoms with Crippen LogP contribution in [0.1, 0.15) is 12.7 Å². The standard InChI is InChI=1S/C12H15ClN2O3/c1-4-15-12(10(13)6-14-15)9-5-11(17-7-16-3)18-8(9)2/h5-6H,4,7H2,1-3H3. The molecule has 0 fully saturated rings. The molecule has 0 radical (unpaired) electrons. The molecule has 18 heavy (non-hydrogen) atoms. The zero-order valence-electron chi connectivity index (χ0n) is 10.6. The zero-order valence-corrected chi connectivity index (χ0v) is 11.3. The summed E-state index contributed by atoms with van der Waals surface area (Å²) in [5.41, 5.74) is 1.72. The van der Waals surface area contributed by atoms with E-state index in [0.29, 0.717) is 11.0 Å². The number of rotatable bonds is 5. The molecule has 0 aliphatic rings. The van der Waals surface area contributed by atoms with Crippen LogP contribution in [0.4, 0.5) is 0 Å². The first-order valence-electron chi connectivity index (χ1n) is 5.61. The molecule has 0 bridgehead atoms. The van der Waals surface area contributed by atoms with E-state index < -0.39 is 0 Å². The predicted octanol–water partition coefficient (Wildman–Crippen LogP) is 3.11. The maximum atomic E-state index is 6.15. The summed E-state index contributed by atoms with van der Waals surface area (Å²) < 4.78 is 17.4. The van der Waals surface area contributed by atoms with Crippen LogP contribution in [0.3, 0.4) is 0 Å². The number of nitrogens with zero attached hydrogens (tertiary/aromatic N) is 2. The van der Waals surface area contributed by atoms with Crippen LogP contribution in [0.2, 0.25) is 5.02 Å². The van der Waals surface area contributed by atoms with E-state index in [0.717, 1.165) is 23.6 Å². The van der Waals surface area contributed by atoms with Crippen molar-refractivity contribution < 1.29 is 13.9 Å². The molecule has 98 valence electrons. The lowest BCUT2D eigenvalue weighted by molar-refractivity contribution is 0.0337. The Hall–Kier alpha value is -1.46. The van der Waals surface area contributed by atoms with Crippen molar-refractivity contribution in [3.05, 3.63) is 23.0 Å². The molecule has 0 amide bonds. The van der Waals surface area contributed by atoms with E-state index in [-0.39, 0.29) is 6.79 Å². The fourth-order valence-electron chi connectivity index (χ4n) is 1.75. The Labute approximate surface area is 110 Å². The number of ether oxygens (including phenoxy) is 2. The van der Waals surface area contributed by atoms with Crippen LogP contribution in [0, 0.1) is 6.92 Å². The van der Waals surface area contributed by atoms with Crippen LogP contribution in [0.25, 0.3) is 11.3 Å². The summed E-state index contributed by atoms with van der Waals surface area (Å²) in [4.78, 5) is 0. The number of hydrogen-bond donors (Lipinski definition) is 0. The first-order chi connectivity index (χ1) is 8.67. The largest absolute Gasteiger partial charge is 0.438 e. The lowest BCUT2D eigenvalue weighted by Gasteiger charge is -2.03. The van der Waals surface area contributed by atoms with Gasteiger partial charge in [-0.15, -0.1) is 0 Å². The highest BCUT2D eigenvalue weighted by molar-refractivity contribution is 6.33. The lowest BCUT2D eigenvalue weighted by atomic mass is 10.2. The van der Waals surface area contributed by atoms with E-state index >= 15 is 0 Å². The first-order valence-corrected chi connectivity index (χ1v) is 5.99. The van der Waals surface area contributed by atoms with Crippen LogP contribution in [0.5, 0.6) is 5.95 Å². The van der Waals surface area contributed by atoms with Gasteiger partial charge in [0, 0.05) is 25.3 Å². The van der Waals surface area contributed by atoms with Gasteiger partial charge in [0.05, 0.1) is 16.9 Å². The molecule has 2 aromatic heterocycles. The maximum Gasteiger partial charge on any atom is 0.287 e. The van der Waals surface area contributed by atoms with Gasteiger partial charge in [-0.2, -0.15) is 5.10 Å². The Kier molecular flexibility index (Phi) is 3.93.